The number of nitrogens with zero attached hydrogens (tertiary/aromatic N) is 2. The van der Waals surface area contributed by atoms with Crippen LogP contribution in [0.4, 0.5) is 5.82 Å². The summed E-state index contributed by atoms with van der Waals surface area (Å²) >= 11 is 0. The summed E-state index contributed by atoms with van der Waals surface area (Å²) < 4.78 is 5.73. The number of nitrogen functional groups attached to an aromatic ring is 1. The highest BCUT2D eigenvalue weighted by Crippen LogP contribution is 2.32. The van der Waals surface area contributed by atoms with Crippen molar-refractivity contribution in [3.05, 3.63) is 46.5 Å². The highest BCUT2D eigenvalue weighted by Gasteiger charge is 2.35. The number of fused-ring (bicyclic) bond motifs is 1. The van der Waals surface area contributed by atoms with Crippen LogP contribution in [-0.4, -0.2) is 34.7 Å². The molecule has 0 radical (unpaired) electrons. The van der Waals surface area contributed by atoms with Gasteiger partial charge in [0.15, 0.2) is 5.78 Å². The number of carbonyl (C=O) groups excluding carboxylic acids is 2. The monoisotopic (exact) mass is 353 g/mol. The molecule has 6 nitrogen and oxygen atoms in total. The second kappa shape index (κ2) is 6.59. The van der Waals surface area contributed by atoms with E-state index in [4.69, 9.17) is 10.2 Å². The van der Waals surface area contributed by atoms with Gasteiger partial charge in [-0.1, -0.05) is 6.07 Å². The van der Waals surface area contributed by atoms with Crippen LogP contribution in [0.25, 0.3) is 0 Å². The minimum Gasteiger partial charge on any atom is -0.465 e. The first-order valence-electron chi connectivity index (χ1n) is 9.18. The lowest BCUT2D eigenvalue weighted by Crippen LogP contribution is -2.30. The quantitative estimate of drug-likeness (QED) is 0.916. The number of aryl methyl sites for hydroxylation is 2. The SMILES string of the molecule is Cc1oc2c(c1C(=O)N1CCC(Cc3ccc(N)nc3)C1)C(=O)CCC2. The topological polar surface area (TPSA) is 89.4 Å². The summed E-state index contributed by atoms with van der Waals surface area (Å²) in [5, 5.41) is 0. The van der Waals surface area contributed by atoms with E-state index in [2.05, 4.69) is 4.98 Å². The van der Waals surface area contributed by atoms with E-state index >= 15 is 0 Å². The van der Waals surface area contributed by atoms with Gasteiger partial charge < -0.3 is 15.1 Å². The lowest BCUT2D eigenvalue weighted by Gasteiger charge is -2.18. The van der Waals surface area contributed by atoms with Crippen molar-refractivity contribution in [3.63, 3.8) is 0 Å². The van der Waals surface area contributed by atoms with Gasteiger partial charge in [0.25, 0.3) is 5.91 Å². The van der Waals surface area contributed by atoms with Crippen molar-refractivity contribution in [1.29, 1.82) is 0 Å². The molecule has 1 atom stereocenters. The van der Waals surface area contributed by atoms with Crippen molar-refractivity contribution in [1.82, 2.24) is 9.88 Å². The molecular weight excluding hydrogens is 330 g/mol. The Kier molecular flexibility index (Phi) is 4.26. The lowest BCUT2D eigenvalue weighted by molar-refractivity contribution is 0.0779. The molecule has 2 aliphatic rings. The largest absolute Gasteiger partial charge is 0.465 e. The van der Waals surface area contributed by atoms with Crippen molar-refractivity contribution < 1.29 is 14.0 Å². The molecule has 1 amide bonds. The molecule has 1 saturated heterocycles. The average molecular weight is 353 g/mol. The van der Waals surface area contributed by atoms with Crippen LogP contribution in [0, 0.1) is 12.8 Å². The maximum Gasteiger partial charge on any atom is 0.258 e. The number of carbonyl (C=O) groups is 2. The van der Waals surface area contributed by atoms with Crippen molar-refractivity contribution in [3.8, 4) is 0 Å². The molecule has 26 heavy (non-hydrogen) atoms. The number of ketones is 1. The van der Waals surface area contributed by atoms with Crippen LogP contribution < -0.4 is 5.73 Å². The number of amides is 1. The molecule has 3 heterocycles. The number of Topliss-reactive ketones (excluding diaryl/α,β-unsaturated/α-hetero) is 1. The van der Waals surface area contributed by atoms with Crippen LogP contribution >= 0.6 is 0 Å². The minimum atomic E-state index is -0.0688. The smallest absolute Gasteiger partial charge is 0.258 e. The first-order chi connectivity index (χ1) is 12.5. The van der Waals surface area contributed by atoms with Crippen molar-refractivity contribution in [2.24, 2.45) is 5.92 Å². The number of nitrogens with two attached hydrogens (primary N) is 1. The molecule has 1 fully saturated rings. The van der Waals surface area contributed by atoms with Crippen molar-refractivity contribution in [2.75, 3.05) is 18.8 Å². The third-order valence-corrected chi connectivity index (χ3v) is 5.40. The molecule has 136 valence electrons. The third kappa shape index (κ3) is 3.00. The Morgan fingerprint density at radius 1 is 1.38 bits per heavy atom. The molecule has 1 aliphatic heterocycles. The van der Waals surface area contributed by atoms with Crippen LogP contribution in [0.2, 0.25) is 0 Å². The molecule has 4 rings (SSSR count). The van der Waals surface area contributed by atoms with E-state index < -0.39 is 0 Å². The van der Waals surface area contributed by atoms with E-state index in [0.29, 0.717) is 53.9 Å². The first kappa shape index (κ1) is 16.8. The van der Waals surface area contributed by atoms with Gasteiger partial charge in [-0.2, -0.15) is 0 Å². The van der Waals surface area contributed by atoms with Crippen molar-refractivity contribution >= 4 is 17.5 Å². The second-order valence-corrected chi connectivity index (χ2v) is 7.31. The van der Waals surface area contributed by atoms with Gasteiger partial charge in [-0.15, -0.1) is 0 Å². The Morgan fingerprint density at radius 3 is 3.00 bits per heavy atom. The van der Waals surface area contributed by atoms with E-state index in [1.807, 2.05) is 11.0 Å². The van der Waals surface area contributed by atoms with Gasteiger partial charge in [0.05, 0.1) is 11.1 Å². The highest BCUT2D eigenvalue weighted by atomic mass is 16.3. The fourth-order valence-corrected chi connectivity index (χ4v) is 4.10. The molecule has 0 aromatic carbocycles. The predicted octanol–water partition coefficient (Wildman–Crippen LogP) is 2.79. The first-order valence-corrected chi connectivity index (χ1v) is 9.18. The number of anilines is 1. The van der Waals surface area contributed by atoms with E-state index in [1.54, 1.807) is 19.2 Å². The average Bonchev–Trinajstić information content (AvgIpc) is 3.21. The molecular formula is C20H23N3O3. The zero-order valence-corrected chi connectivity index (χ0v) is 15.0. The third-order valence-electron chi connectivity index (χ3n) is 5.40. The lowest BCUT2D eigenvalue weighted by atomic mass is 9.93. The summed E-state index contributed by atoms with van der Waals surface area (Å²) in [4.78, 5) is 31.4. The van der Waals surface area contributed by atoms with Gasteiger partial charge in [0, 0.05) is 32.1 Å². The zero-order valence-electron chi connectivity index (χ0n) is 15.0. The van der Waals surface area contributed by atoms with Gasteiger partial charge in [-0.05, 0) is 43.7 Å². The molecule has 2 aromatic heterocycles. The van der Waals surface area contributed by atoms with E-state index in [-0.39, 0.29) is 11.7 Å². The summed E-state index contributed by atoms with van der Waals surface area (Å²) in [5.41, 5.74) is 7.78. The fraction of sp³-hybridized carbons (Fsp3) is 0.450. The molecule has 2 aromatic rings. The Balaban J connectivity index is 1.49. The van der Waals surface area contributed by atoms with Crippen LogP contribution in [0.5, 0.6) is 0 Å². The van der Waals surface area contributed by atoms with Gasteiger partial charge in [0.1, 0.15) is 17.3 Å². The molecule has 2 N–H and O–H groups in total. The van der Waals surface area contributed by atoms with Gasteiger partial charge in [0.2, 0.25) is 0 Å². The molecule has 0 saturated carbocycles. The van der Waals surface area contributed by atoms with Crippen LogP contribution in [0.1, 0.15) is 57.1 Å². The number of likely N-dealkylation sites (tertiary alicyclic amines) is 1. The summed E-state index contributed by atoms with van der Waals surface area (Å²) in [6.45, 7) is 3.18. The maximum atomic E-state index is 13.1. The minimum absolute atomic E-state index is 0.0372. The van der Waals surface area contributed by atoms with Crippen LogP contribution in [0.15, 0.2) is 22.7 Å². The Morgan fingerprint density at radius 2 is 2.23 bits per heavy atom. The van der Waals surface area contributed by atoms with Gasteiger partial charge >= 0.3 is 0 Å². The number of furan rings is 1. The summed E-state index contributed by atoms with van der Waals surface area (Å²) in [6, 6.07) is 3.79. The Labute approximate surface area is 152 Å². The summed E-state index contributed by atoms with van der Waals surface area (Å²) in [5.74, 6) is 2.13. The van der Waals surface area contributed by atoms with E-state index in [1.165, 1.54) is 0 Å². The fourth-order valence-electron chi connectivity index (χ4n) is 4.10. The Bertz CT molecular complexity index is 854. The molecule has 6 heteroatoms. The highest BCUT2D eigenvalue weighted by molar-refractivity contribution is 6.10. The van der Waals surface area contributed by atoms with Crippen LogP contribution in [0.3, 0.4) is 0 Å². The number of aromatic nitrogens is 1. The van der Waals surface area contributed by atoms with Crippen LogP contribution in [-0.2, 0) is 12.8 Å². The van der Waals surface area contributed by atoms with Crippen molar-refractivity contribution in [2.45, 2.75) is 39.0 Å². The Hall–Kier alpha value is -2.63. The van der Waals surface area contributed by atoms with Gasteiger partial charge in [-0.3, -0.25) is 9.59 Å². The molecule has 1 unspecified atom stereocenters. The number of hydrogen-bond acceptors (Lipinski definition) is 5. The van der Waals surface area contributed by atoms with E-state index in [9.17, 15) is 9.59 Å². The maximum absolute atomic E-state index is 13.1. The normalized spacial score (nSPS) is 19.7. The number of rotatable bonds is 3. The van der Waals surface area contributed by atoms with E-state index in [0.717, 1.165) is 31.2 Å². The summed E-state index contributed by atoms with van der Waals surface area (Å²) in [6.07, 6.45) is 5.66. The molecule has 1 aliphatic carbocycles. The number of hydrogen-bond donors (Lipinski definition) is 1. The van der Waals surface area contributed by atoms with Gasteiger partial charge in [-0.25, -0.2) is 4.98 Å². The molecule has 0 spiro atoms. The molecule has 0 bridgehead atoms. The predicted molar refractivity (Wildman–Crippen MR) is 97.1 cm³/mol. The standard InChI is InChI=1S/C20H23N3O3/c1-12-18(19-15(24)3-2-4-16(19)26-12)20(25)23-8-7-14(11-23)9-13-5-6-17(21)22-10-13/h5-6,10,14H,2-4,7-9,11H2,1H3,(H2,21,22). The summed E-state index contributed by atoms with van der Waals surface area (Å²) in [7, 11) is 0. The second-order valence-electron chi connectivity index (χ2n) is 7.31. The number of pyridine rings is 1. The zero-order chi connectivity index (χ0) is 18.3.